The fourth-order valence-corrected chi connectivity index (χ4v) is 2.54. The Bertz CT molecular complexity index is 247. The van der Waals surface area contributed by atoms with Crippen molar-refractivity contribution < 1.29 is 10.0 Å². The largest absolute Gasteiger partial charge is 0.356 e. The number of rotatable bonds is 16. The monoisotopic (exact) mass is 314 g/mol. The zero-order chi connectivity index (χ0) is 16.5. The van der Waals surface area contributed by atoms with Crippen molar-refractivity contribution in [2.45, 2.75) is 90.9 Å². The highest BCUT2D eigenvalue weighted by molar-refractivity contribution is 5.75. The molecule has 0 saturated carbocycles. The van der Waals surface area contributed by atoms with Crippen LogP contribution in [0.2, 0.25) is 0 Å². The van der Waals surface area contributed by atoms with Gasteiger partial charge in [-0.15, -0.1) is 0 Å². The Labute approximate surface area is 137 Å². The van der Waals surface area contributed by atoms with E-state index in [-0.39, 0.29) is 5.91 Å². The molecule has 132 valence electrons. The molecular weight excluding hydrogens is 276 g/mol. The van der Waals surface area contributed by atoms with Gasteiger partial charge >= 0.3 is 0 Å². The Balaban J connectivity index is 3.22. The van der Waals surface area contributed by atoms with Gasteiger partial charge in [-0.2, -0.15) is 5.06 Å². The molecule has 4 heteroatoms. The van der Waals surface area contributed by atoms with E-state index in [4.69, 9.17) is 0 Å². The predicted molar refractivity (Wildman–Crippen MR) is 93.1 cm³/mol. The van der Waals surface area contributed by atoms with E-state index in [1.807, 2.05) is 6.92 Å². The Morgan fingerprint density at radius 3 is 2.00 bits per heavy atom. The maximum atomic E-state index is 11.6. The highest BCUT2D eigenvalue weighted by atomic mass is 16.5. The first-order valence-corrected chi connectivity index (χ1v) is 9.41. The number of carbonyl (C=O) groups is 1. The third kappa shape index (κ3) is 15.8. The van der Waals surface area contributed by atoms with Crippen LogP contribution in [0.1, 0.15) is 90.9 Å². The standard InChI is InChI=1S/C18H38N2O2/c1-3-5-6-7-8-9-10-11-12-14-18(21)19-15-13-17-20(22)16-4-2/h22H,3-17H2,1-2H3,(H,19,21). The molecule has 0 aliphatic heterocycles. The number of nitrogens with one attached hydrogen (secondary N) is 1. The van der Waals surface area contributed by atoms with E-state index in [9.17, 15) is 10.0 Å². The fraction of sp³-hybridized carbons (Fsp3) is 0.944. The van der Waals surface area contributed by atoms with Crippen LogP contribution >= 0.6 is 0 Å². The lowest BCUT2D eigenvalue weighted by Crippen LogP contribution is -2.28. The molecule has 4 nitrogen and oxygen atoms in total. The van der Waals surface area contributed by atoms with Crippen LogP contribution in [0.5, 0.6) is 0 Å². The zero-order valence-electron chi connectivity index (χ0n) is 14.9. The Morgan fingerprint density at radius 1 is 0.818 bits per heavy atom. The first-order valence-electron chi connectivity index (χ1n) is 9.41. The molecule has 0 fully saturated rings. The van der Waals surface area contributed by atoms with Gasteiger partial charge in [0.15, 0.2) is 0 Å². The molecular formula is C18H38N2O2. The Morgan fingerprint density at radius 2 is 1.41 bits per heavy atom. The summed E-state index contributed by atoms with van der Waals surface area (Å²) in [6.45, 7) is 6.28. The fourth-order valence-electron chi connectivity index (χ4n) is 2.54. The molecule has 0 aromatic rings. The van der Waals surface area contributed by atoms with E-state index >= 15 is 0 Å². The first kappa shape index (κ1) is 21.4. The molecule has 0 atom stereocenters. The second-order valence-electron chi connectivity index (χ2n) is 6.24. The lowest BCUT2D eigenvalue weighted by Gasteiger charge is -2.13. The van der Waals surface area contributed by atoms with Crippen LogP contribution in [0.25, 0.3) is 0 Å². The van der Waals surface area contributed by atoms with Gasteiger partial charge in [0.1, 0.15) is 0 Å². The van der Waals surface area contributed by atoms with Gasteiger partial charge in [0.05, 0.1) is 0 Å². The molecule has 0 saturated heterocycles. The predicted octanol–water partition coefficient (Wildman–Crippen LogP) is 4.51. The van der Waals surface area contributed by atoms with E-state index in [1.165, 1.54) is 56.4 Å². The zero-order valence-corrected chi connectivity index (χ0v) is 14.9. The lowest BCUT2D eigenvalue weighted by atomic mass is 10.1. The third-order valence-electron chi connectivity index (χ3n) is 3.90. The molecule has 0 heterocycles. The molecule has 0 aromatic heterocycles. The van der Waals surface area contributed by atoms with Gasteiger partial charge in [-0.3, -0.25) is 4.79 Å². The van der Waals surface area contributed by atoms with E-state index in [1.54, 1.807) is 0 Å². The van der Waals surface area contributed by atoms with Gasteiger partial charge in [-0.25, -0.2) is 0 Å². The Hall–Kier alpha value is -0.610. The molecule has 0 rings (SSSR count). The molecule has 0 aliphatic carbocycles. The van der Waals surface area contributed by atoms with Crippen molar-refractivity contribution in [3.8, 4) is 0 Å². The lowest BCUT2D eigenvalue weighted by molar-refractivity contribution is -0.121. The Kier molecular flexibility index (Phi) is 16.3. The second-order valence-corrected chi connectivity index (χ2v) is 6.24. The molecule has 0 aromatic carbocycles. The van der Waals surface area contributed by atoms with Crippen LogP contribution in [0, 0.1) is 0 Å². The van der Waals surface area contributed by atoms with Crippen molar-refractivity contribution in [1.82, 2.24) is 10.4 Å². The summed E-state index contributed by atoms with van der Waals surface area (Å²) in [7, 11) is 0. The third-order valence-corrected chi connectivity index (χ3v) is 3.90. The summed E-state index contributed by atoms with van der Waals surface area (Å²) >= 11 is 0. The van der Waals surface area contributed by atoms with Gasteiger partial charge in [-0.05, 0) is 19.3 Å². The number of amides is 1. The summed E-state index contributed by atoms with van der Waals surface area (Å²) in [6.07, 6.45) is 13.9. The highest BCUT2D eigenvalue weighted by Crippen LogP contribution is 2.10. The average molecular weight is 315 g/mol. The van der Waals surface area contributed by atoms with Crippen LogP contribution in [-0.2, 0) is 4.79 Å². The normalized spacial score (nSPS) is 11.1. The number of unbranched alkanes of at least 4 members (excludes halogenated alkanes) is 8. The van der Waals surface area contributed by atoms with E-state index < -0.39 is 0 Å². The van der Waals surface area contributed by atoms with Gasteiger partial charge in [0.2, 0.25) is 5.91 Å². The van der Waals surface area contributed by atoms with Gasteiger partial charge in [0.25, 0.3) is 0 Å². The van der Waals surface area contributed by atoms with Crippen molar-refractivity contribution in [3.63, 3.8) is 0 Å². The van der Waals surface area contributed by atoms with Crippen LogP contribution in [0.15, 0.2) is 0 Å². The van der Waals surface area contributed by atoms with Crippen LogP contribution in [0.3, 0.4) is 0 Å². The van der Waals surface area contributed by atoms with Gasteiger partial charge in [0, 0.05) is 26.1 Å². The second kappa shape index (κ2) is 16.8. The highest BCUT2D eigenvalue weighted by Gasteiger charge is 2.02. The minimum atomic E-state index is 0.155. The SMILES string of the molecule is CCCCCCCCCCCC(=O)NCCCN(O)CCC. The van der Waals surface area contributed by atoms with Crippen molar-refractivity contribution in [3.05, 3.63) is 0 Å². The molecule has 0 spiro atoms. The van der Waals surface area contributed by atoms with Crippen LogP contribution in [-0.4, -0.2) is 35.8 Å². The van der Waals surface area contributed by atoms with Crippen molar-refractivity contribution in [1.29, 1.82) is 0 Å². The number of hydrogen-bond donors (Lipinski definition) is 2. The van der Waals surface area contributed by atoms with Crippen molar-refractivity contribution in [2.75, 3.05) is 19.6 Å². The molecule has 0 bridgehead atoms. The van der Waals surface area contributed by atoms with Crippen LogP contribution < -0.4 is 5.32 Å². The summed E-state index contributed by atoms with van der Waals surface area (Å²) in [4.78, 5) is 11.6. The number of hydroxylamine groups is 2. The quantitative estimate of drug-likeness (QED) is 0.325. The molecule has 0 unspecified atom stereocenters. The van der Waals surface area contributed by atoms with Gasteiger partial charge in [-0.1, -0.05) is 65.2 Å². The van der Waals surface area contributed by atoms with Gasteiger partial charge < -0.3 is 10.5 Å². The number of hydrogen-bond acceptors (Lipinski definition) is 3. The van der Waals surface area contributed by atoms with E-state index in [0.717, 1.165) is 19.3 Å². The topological polar surface area (TPSA) is 52.6 Å². The summed E-state index contributed by atoms with van der Waals surface area (Å²) in [5, 5.41) is 13.7. The number of carbonyl (C=O) groups excluding carboxylic acids is 1. The summed E-state index contributed by atoms with van der Waals surface area (Å²) in [5.74, 6) is 0.155. The molecule has 0 radical (unpaired) electrons. The maximum absolute atomic E-state index is 11.6. The summed E-state index contributed by atoms with van der Waals surface area (Å²) in [6, 6.07) is 0. The molecule has 22 heavy (non-hydrogen) atoms. The summed E-state index contributed by atoms with van der Waals surface area (Å²) < 4.78 is 0. The number of nitrogens with zero attached hydrogens (tertiary/aromatic N) is 1. The smallest absolute Gasteiger partial charge is 0.219 e. The molecule has 0 aliphatic rings. The van der Waals surface area contributed by atoms with Crippen molar-refractivity contribution in [2.24, 2.45) is 0 Å². The average Bonchev–Trinajstić information content (AvgIpc) is 2.50. The van der Waals surface area contributed by atoms with Crippen molar-refractivity contribution >= 4 is 5.91 Å². The molecule has 2 N–H and O–H groups in total. The maximum Gasteiger partial charge on any atom is 0.219 e. The van der Waals surface area contributed by atoms with E-state index in [0.29, 0.717) is 26.1 Å². The molecule has 1 amide bonds. The summed E-state index contributed by atoms with van der Waals surface area (Å²) in [5.41, 5.74) is 0. The van der Waals surface area contributed by atoms with Crippen LogP contribution in [0.4, 0.5) is 0 Å². The minimum absolute atomic E-state index is 0.155. The minimum Gasteiger partial charge on any atom is -0.356 e. The first-order chi connectivity index (χ1) is 10.7. The van der Waals surface area contributed by atoms with E-state index in [2.05, 4.69) is 12.2 Å².